The number of carbonyl (C=O) groups excluding carboxylic acids is 1. The Morgan fingerprint density at radius 2 is 1.80 bits per heavy atom. The van der Waals surface area contributed by atoms with Crippen LogP contribution in [0.4, 0.5) is 0 Å². The Labute approximate surface area is 122 Å². The predicted octanol–water partition coefficient (Wildman–Crippen LogP) is 3.21. The van der Waals surface area contributed by atoms with E-state index in [0.717, 1.165) is 12.8 Å². The summed E-state index contributed by atoms with van der Waals surface area (Å²) in [5.74, 6) is -0.810. The fourth-order valence-corrected chi connectivity index (χ4v) is 2.95. The Hall–Kier alpha value is -1.06. The third kappa shape index (κ3) is 6.92. The van der Waals surface area contributed by atoms with Crippen LogP contribution >= 0.6 is 0 Å². The quantitative estimate of drug-likeness (QED) is 0.786. The summed E-state index contributed by atoms with van der Waals surface area (Å²) in [5.41, 5.74) is -0.0445. The zero-order chi connectivity index (χ0) is 15.2. The number of hydrogen-bond acceptors (Lipinski definition) is 2. The molecule has 0 spiro atoms. The van der Waals surface area contributed by atoms with Gasteiger partial charge in [-0.05, 0) is 30.6 Å². The molecule has 0 saturated heterocycles. The van der Waals surface area contributed by atoms with Gasteiger partial charge in [0, 0.05) is 13.0 Å². The summed E-state index contributed by atoms with van der Waals surface area (Å²) in [7, 11) is 0. The molecule has 0 aromatic rings. The van der Waals surface area contributed by atoms with Crippen LogP contribution < -0.4 is 5.32 Å². The van der Waals surface area contributed by atoms with E-state index in [1.165, 1.54) is 19.3 Å². The van der Waals surface area contributed by atoms with Gasteiger partial charge in [0.25, 0.3) is 0 Å². The first kappa shape index (κ1) is 17.0. The molecule has 1 rings (SSSR count). The number of carbonyl (C=O) groups is 2. The van der Waals surface area contributed by atoms with Gasteiger partial charge in [-0.3, -0.25) is 9.59 Å². The molecule has 0 aliphatic heterocycles. The third-order valence-electron chi connectivity index (χ3n) is 3.95. The molecule has 1 saturated carbocycles. The van der Waals surface area contributed by atoms with Crippen molar-refractivity contribution in [2.75, 3.05) is 6.54 Å². The number of rotatable bonds is 6. The van der Waals surface area contributed by atoms with Crippen molar-refractivity contribution in [1.82, 2.24) is 5.32 Å². The molecule has 1 unspecified atom stereocenters. The highest BCUT2D eigenvalue weighted by molar-refractivity contribution is 5.77. The summed E-state index contributed by atoms with van der Waals surface area (Å²) in [6.45, 7) is 6.31. The first-order chi connectivity index (χ1) is 9.28. The summed E-state index contributed by atoms with van der Waals surface area (Å²) in [4.78, 5) is 23.1. The number of aliphatic carboxylic acids is 1. The molecule has 0 radical (unpaired) electrons. The molecule has 4 nitrogen and oxygen atoms in total. The largest absolute Gasteiger partial charge is 0.481 e. The fourth-order valence-electron chi connectivity index (χ4n) is 2.95. The average Bonchev–Trinajstić information content (AvgIpc) is 2.34. The Morgan fingerprint density at radius 3 is 2.30 bits per heavy atom. The zero-order valence-corrected chi connectivity index (χ0v) is 13.1. The Morgan fingerprint density at radius 1 is 1.20 bits per heavy atom. The minimum Gasteiger partial charge on any atom is -0.481 e. The molecule has 1 atom stereocenters. The lowest BCUT2D eigenvalue weighted by atomic mass is 9.84. The number of carboxylic acids is 1. The Kier molecular flexibility index (Phi) is 6.50. The van der Waals surface area contributed by atoms with E-state index < -0.39 is 11.9 Å². The summed E-state index contributed by atoms with van der Waals surface area (Å²) >= 11 is 0. The lowest BCUT2D eigenvalue weighted by Gasteiger charge is -2.24. The van der Waals surface area contributed by atoms with Crippen molar-refractivity contribution in [2.24, 2.45) is 17.3 Å². The molecule has 0 aromatic heterocycles. The molecular formula is C16H29NO3. The molecule has 20 heavy (non-hydrogen) atoms. The number of amides is 1. The van der Waals surface area contributed by atoms with Gasteiger partial charge in [-0.25, -0.2) is 0 Å². The number of hydrogen-bond donors (Lipinski definition) is 2. The molecule has 0 aromatic carbocycles. The van der Waals surface area contributed by atoms with Crippen molar-refractivity contribution < 1.29 is 14.7 Å². The highest BCUT2D eigenvalue weighted by atomic mass is 16.4. The van der Waals surface area contributed by atoms with Gasteiger partial charge in [-0.2, -0.15) is 0 Å². The molecule has 0 bridgehead atoms. The second-order valence-corrected chi connectivity index (χ2v) is 7.31. The Balaban J connectivity index is 2.34. The predicted molar refractivity (Wildman–Crippen MR) is 79.4 cm³/mol. The van der Waals surface area contributed by atoms with Crippen LogP contribution in [0.15, 0.2) is 0 Å². The van der Waals surface area contributed by atoms with Crippen LogP contribution in [0.1, 0.15) is 65.7 Å². The minimum absolute atomic E-state index is 0.0112. The highest BCUT2D eigenvalue weighted by Crippen LogP contribution is 2.26. The van der Waals surface area contributed by atoms with Crippen LogP contribution in [-0.2, 0) is 9.59 Å². The third-order valence-corrected chi connectivity index (χ3v) is 3.95. The monoisotopic (exact) mass is 283 g/mol. The van der Waals surface area contributed by atoms with Crippen LogP contribution in [0.5, 0.6) is 0 Å². The van der Waals surface area contributed by atoms with E-state index in [1.54, 1.807) is 0 Å². The van der Waals surface area contributed by atoms with Gasteiger partial charge in [0.15, 0.2) is 0 Å². The maximum atomic E-state index is 11.9. The smallest absolute Gasteiger partial charge is 0.308 e. The molecule has 4 heteroatoms. The lowest BCUT2D eigenvalue weighted by molar-refractivity contribution is -0.142. The first-order valence-corrected chi connectivity index (χ1v) is 7.77. The van der Waals surface area contributed by atoms with E-state index in [9.17, 15) is 14.7 Å². The molecule has 1 amide bonds. The number of nitrogens with one attached hydrogen (secondary N) is 1. The van der Waals surface area contributed by atoms with Gasteiger partial charge < -0.3 is 10.4 Å². The van der Waals surface area contributed by atoms with Crippen molar-refractivity contribution in [3.8, 4) is 0 Å². The lowest BCUT2D eigenvalue weighted by Crippen LogP contribution is -2.35. The van der Waals surface area contributed by atoms with Crippen LogP contribution in [0.25, 0.3) is 0 Å². The van der Waals surface area contributed by atoms with Crippen molar-refractivity contribution >= 4 is 11.9 Å². The van der Waals surface area contributed by atoms with E-state index in [2.05, 4.69) is 5.32 Å². The molecule has 116 valence electrons. The van der Waals surface area contributed by atoms with Gasteiger partial charge >= 0.3 is 5.97 Å². The maximum Gasteiger partial charge on any atom is 0.308 e. The van der Waals surface area contributed by atoms with Crippen molar-refractivity contribution in [1.29, 1.82) is 0 Å². The van der Waals surface area contributed by atoms with E-state index in [1.807, 2.05) is 20.8 Å². The standard InChI is InChI=1S/C16H29NO3/c1-16(2,3)10-13(15(19)20)11-17-14(18)9-12-7-5-4-6-8-12/h12-13H,4-11H2,1-3H3,(H,17,18)(H,19,20). The van der Waals surface area contributed by atoms with Crippen molar-refractivity contribution in [3.05, 3.63) is 0 Å². The topological polar surface area (TPSA) is 66.4 Å². The average molecular weight is 283 g/mol. The second kappa shape index (κ2) is 7.65. The van der Waals surface area contributed by atoms with Crippen LogP contribution in [-0.4, -0.2) is 23.5 Å². The summed E-state index contributed by atoms with van der Waals surface area (Å²) in [6, 6.07) is 0. The maximum absolute atomic E-state index is 11.9. The SMILES string of the molecule is CC(C)(C)CC(CNC(=O)CC1CCCCC1)C(=O)O. The van der Waals surface area contributed by atoms with Crippen molar-refractivity contribution in [3.63, 3.8) is 0 Å². The number of carboxylic acid groups (broad SMARTS) is 1. The zero-order valence-electron chi connectivity index (χ0n) is 13.1. The van der Waals surface area contributed by atoms with E-state index >= 15 is 0 Å². The van der Waals surface area contributed by atoms with Crippen LogP contribution in [0.2, 0.25) is 0 Å². The fraction of sp³-hybridized carbons (Fsp3) is 0.875. The van der Waals surface area contributed by atoms with Crippen LogP contribution in [0.3, 0.4) is 0 Å². The van der Waals surface area contributed by atoms with Crippen LogP contribution in [0, 0.1) is 17.3 Å². The minimum atomic E-state index is -0.821. The molecular weight excluding hydrogens is 254 g/mol. The van der Waals surface area contributed by atoms with Gasteiger partial charge in [0.1, 0.15) is 0 Å². The van der Waals surface area contributed by atoms with Gasteiger partial charge in [0.05, 0.1) is 5.92 Å². The highest BCUT2D eigenvalue weighted by Gasteiger charge is 2.25. The van der Waals surface area contributed by atoms with Gasteiger partial charge in [0.2, 0.25) is 5.91 Å². The van der Waals surface area contributed by atoms with Gasteiger partial charge in [-0.15, -0.1) is 0 Å². The Bertz CT molecular complexity index is 327. The van der Waals surface area contributed by atoms with E-state index in [4.69, 9.17) is 0 Å². The van der Waals surface area contributed by atoms with E-state index in [0.29, 0.717) is 18.8 Å². The van der Waals surface area contributed by atoms with E-state index in [-0.39, 0.29) is 17.9 Å². The van der Waals surface area contributed by atoms with Crippen molar-refractivity contribution in [2.45, 2.75) is 65.7 Å². The first-order valence-electron chi connectivity index (χ1n) is 7.77. The molecule has 1 fully saturated rings. The summed E-state index contributed by atoms with van der Waals surface area (Å²) < 4.78 is 0. The summed E-state index contributed by atoms with van der Waals surface area (Å²) in [6.07, 6.45) is 7.13. The molecule has 2 N–H and O–H groups in total. The second-order valence-electron chi connectivity index (χ2n) is 7.31. The molecule has 1 aliphatic rings. The summed E-state index contributed by atoms with van der Waals surface area (Å²) in [5, 5.41) is 12.0. The molecule has 1 aliphatic carbocycles. The normalized spacial score (nSPS) is 18.6. The molecule has 0 heterocycles. The van der Waals surface area contributed by atoms with Gasteiger partial charge in [-0.1, -0.05) is 40.0 Å².